The summed E-state index contributed by atoms with van der Waals surface area (Å²) in [6.45, 7) is 0.738. The van der Waals surface area contributed by atoms with Gasteiger partial charge >= 0.3 is 5.69 Å². The summed E-state index contributed by atoms with van der Waals surface area (Å²) in [5.74, 6) is 0.947. The number of anilines is 1. The Balaban J connectivity index is 1.72. The van der Waals surface area contributed by atoms with E-state index in [0.717, 1.165) is 33.8 Å². The molecule has 0 spiro atoms. The third-order valence-corrected chi connectivity index (χ3v) is 5.73. The summed E-state index contributed by atoms with van der Waals surface area (Å²) in [7, 11) is 1.74. The number of nitrogens with zero attached hydrogens (tertiary/aromatic N) is 3. The Morgan fingerprint density at radius 2 is 1.80 bits per heavy atom. The highest BCUT2D eigenvalue weighted by Gasteiger charge is 2.23. The zero-order valence-corrected chi connectivity index (χ0v) is 14.8. The maximum absolute atomic E-state index is 13.0. The molecule has 3 aromatic rings. The summed E-state index contributed by atoms with van der Waals surface area (Å²) in [4.78, 5) is 28.6. The van der Waals surface area contributed by atoms with Gasteiger partial charge in [-0.2, -0.15) is 0 Å². The highest BCUT2D eigenvalue weighted by molar-refractivity contribution is 7.99. The van der Waals surface area contributed by atoms with Crippen LogP contribution in [0.1, 0.15) is 6.42 Å². The Morgan fingerprint density at radius 1 is 1.08 bits per heavy atom. The van der Waals surface area contributed by atoms with Crippen LogP contribution >= 0.6 is 11.8 Å². The van der Waals surface area contributed by atoms with Crippen molar-refractivity contribution in [2.24, 2.45) is 7.05 Å². The van der Waals surface area contributed by atoms with Crippen LogP contribution in [0.3, 0.4) is 0 Å². The van der Waals surface area contributed by atoms with E-state index in [0.29, 0.717) is 6.54 Å². The largest absolute Gasteiger partial charge is 0.329 e. The molecule has 0 radical (unpaired) electrons. The predicted molar refractivity (Wildman–Crippen MR) is 101 cm³/mol. The molecule has 0 fully saturated rings. The second-order valence-electron chi connectivity index (χ2n) is 6.13. The van der Waals surface area contributed by atoms with Crippen LogP contribution in [0.25, 0.3) is 11.0 Å². The van der Waals surface area contributed by atoms with Gasteiger partial charge in [-0.1, -0.05) is 24.3 Å². The minimum atomic E-state index is -0.160. The Hall–Kier alpha value is -2.47. The topological polar surface area (TPSA) is 47.2 Å². The summed E-state index contributed by atoms with van der Waals surface area (Å²) in [5.41, 5.74) is 2.42. The Labute approximate surface area is 149 Å². The van der Waals surface area contributed by atoms with Crippen molar-refractivity contribution < 1.29 is 4.79 Å². The molecule has 1 aliphatic heterocycles. The molecule has 128 valence electrons. The van der Waals surface area contributed by atoms with Crippen molar-refractivity contribution in [2.75, 3.05) is 17.2 Å². The van der Waals surface area contributed by atoms with E-state index in [2.05, 4.69) is 6.07 Å². The fourth-order valence-electron chi connectivity index (χ4n) is 3.32. The molecule has 6 heteroatoms. The second kappa shape index (κ2) is 6.44. The van der Waals surface area contributed by atoms with Crippen molar-refractivity contribution in [3.8, 4) is 0 Å². The number of aryl methyl sites for hydroxylation is 1. The zero-order valence-electron chi connectivity index (χ0n) is 14.0. The molecule has 0 N–H and O–H groups in total. The molecule has 1 aliphatic rings. The molecule has 1 amide bonds. The van der Waals surface area contributed by atoms with Crippen LogP contribution in [0.5, 0.6) is 0 Å². The first kappa shape index (κ1) is 16.0. The molecule has 25 heavy (non-hydrogen) atoms. The minimum absolute atomic E-state index is 0.0478. The molecule has 0 aliphatic carbocycles. The Bertz CT molecular complexity index is 1010. The number of carbonyl (C=O) groups is 1. The fraction of sp³-hybridized carbons (Fsp3) is 0.263. The monoisotopic (exact) mass is 353 g/mol. The quantitative estimate of drug-likeness (QED) is 0.712. The van der Waals surface area contributed by atoms with Crippen LogP contribution in [0.4, 0.5) is 5.69 Å². The number of amides is 1. The minimum Gasteiger partial charge on any atom is -0.310 e. The van der Waals surface area contributed by atoms with Crippen molar-refractivity contribution in [1.82, 2.24) is 9.13 Å². The van der Waals surface area contributed by atoms with E-state index in [1.807, 2.05) is 47.4 Å². The van der Waals surface area contributed by atoms with E-state index in [1.165, 1.54) is 0 Å². The Morgan fingerprint density at radius 3 is 2.64 bits per heavy atom. The van der Waals surface area contributed by atoms with E-state index in [4.69, 9.17) is 0 Å². The summed E-state index contributed by atoms with van der Waals surface area (Å²) in [6, 6.07) is 15.6. The second-order valence-corrected chi connectivity index (χ2v) is 7.27. The van der Waals surface area contributed by atoms with Gasteiger partial charge in [0.1, 0.15) is 6.54 Å². The van der Waals surface area contributed by atoms with Crippen molar-refractivity contribution in [1.29, 1.82) is 0 Å². The first-order chi connectivity index (χ1) is 12.2. The number of rotatable bonds is 2. The van der Waals surface area contributed by atoms with Crippen molar-refractivity contribution in [2.45, 2.75) is 17.9 Å². The number of imidazole rings is 1. The number of benzene rings is 2. The number of carbonyl (C=O) groups excluding carboxylic acids is 1. The summed E-state index contributed by atoms with van der Waals surface area (Å²) in [5, 5.41) is 0. The first-order valence-electron chi connectivity index (χ1n) is 8.33. The molecular weight excluding hydrogens is 334 g/mol. The molecule has 0 saturated heterocycles. The molecule has 0 atom stereocenters. The van der Waals surface area contributed by atoms with Crippen LogP contribution in [0.2, 0.25) is 0 Å². The maximum atomic E-state index is 13.0. The van der Waals surface area contributed by atoms with Gasteiger partial charge in [0.2, 0.25) is 5.91 Å². The maximum Gasteiger partial charge on any atom is 0.329 e. The summed E-state index contributed by atoms with van der Waals surface area (Å²) >= 11 is 1.78. The average Bonchev–Trinajstić information content (AvgIpc) is 2.81. The molecule has 5 nitrogen and oxygen atoms in total. The standard InChI is InChI=1S/C19H19N3O2S/c1-20-14-7-2-3-8-15(14)22(19(20)24)13-18(23)21-11-6-12-25-17-10-5-4-9-16(17)21/h2-5,7-10H,6,11-13H2,1H3. The van der Waals surface area contributed by atoms with E-state index < -0.39 is 0 Å². The van der Waals surface area contributed by atoms with Crippen LogP contribution in [-0.2, 0) is 18.4 Å². The zero-order chi connectivity index (χ0) is 17.4. The number of thioether (sulfide) groups is 1. The number of para-hydroxylation sites is 3. The van der Waals surface area contributed by atoms with Gasteiger partial charge in [-0.15, -0.1) is 11.8 Å². The van der Waals surface area contributed by atoms with Crippen molar-refractivity contribution >= 4 is 34.4 Å². The molecule has 2 aromatic carbocycles. The SMILES string of the molecule is Cn1c(=O)n(CC(=O)N2CCCSc3ccccc32)c2ccccc21. The van der Waals surface area contributed by atoms with Gasteiger partial charge in [0.15, 0.2) is 0 Å². The lowest BCUT2D eigenvalue weighted by molar-refractivity contribution is -0.119. The third kappa shape index (κ3) is 2.76. The van der Waals surface area contributed by atoms with Crippen molar-refractivity contribution in [3.05, 3.63) is 59.0 Å². The molecule has 0 unspecified atom stereocenters. The molecule has 0 bridgehead atoms. The normalized spacial score (nSPS) is 14.4. The first-order valence-corrected chi connectivity index (χ1v) is 9.32. The number of fused-ring (bicyclic) bond motifs is 2. The highest BCUT2D eigenvalue weighted by Crippen LogP contribution is 2.33. The van der Waals surface area contributed by atoms with Gasteiger partial charge in [-0.05, 0) is 36.4 Å². The highest BCUT2D eigenvalue weighted by atomic mass is 32.2. The number of hydrogen-bond acceptors (Lipinski definition) is 3. The van der Waals surface area contributed by atoms with Crippen LogP contribution in [-0.4, -0.2) is 27.3 Å². The number of hydrogen-bond donors (Lipinski definition) is 0. The van der Waals surface area contributed by atoms with Crippen LogP contribution in [0, 0.1) is 0 Å². The van der Waals surface area contributed by atoms with E-state index in [-0.39, 0.29) is 18.1 Å². The van der Waals surface area contributed by atoms with E-state index in [9.17, 15) is 9.59 Å². The third-order valence-electron chi connectivity index (χ3n) is 4.59. The molecular formula is C19H19N3O2S. The molecule has 0 saturated carbocycles. The van der Waals surface area contributed by atoms with Crippen LogP contribution < -0.4 is 10.6 Å². The van der Waals surface area contributed by atoms with Gasteiger partial charge in [-0.25, -0.2) is 4.79 Å². The Kier molecular flexibility index (Phi) is 4.13. The average molecular weight is 353 g/mol. The molecule has 4 rings (SSSR count). The lowest BCUT2D eigenvalue weighted by atomic mass is 10.2. The van der Waals surface area contributed by atoms with Crippen molar-refractivity contribution in [3.63, 3.8) is 0 Å². The smallest absolute Gasteiger partial charge is 0.310 e. The summed E-state index contributed by atoms with van der Waals surface area (Å²) < 4.78 is 3.16. The predicted octanol–water partition coefficient (Wildman–Crippen LogP) is 2.87. The van der Waals surface area contributed by atoms with Gasteiger partial charge in [0.25, 0.3) is 0 Å². The van der Waals surface area contributed by atoms with Gasteiger partial charge < -0.3 is 4.90 Å². The lowest BCUT2D eigenvalue weighted by Crippen LogP contribution is -2.37. The number of aromatic nitrogens is 2. The molecule has 2 heterocycles. The fourth-order valence-corrected chi connectivity index (χ4v) is 4.32. The van der Waals surface area contributed by atoms with E-state index >= 15 is 0 Å². The van der Waals surface area contributed by atoms with E-state index in [1.54, 1.807) is 27.9 Å². The van der Waals surface area contributed by atoms with Crippen LogP contribution in [0.15, 0.2) is 58.2 Å². The summed E-state index contributed by atoms with van der Waals surface area (Å²) in [6.07, 6.45) is 0.940. The van der Waals surface area contributed by atoms with Gasteiger partial charge in [0.05, 0.1) is 16.7 Å². The molecule has 1 aromatic heterocycles. The lowest BCUT2D eigenvalue weighted by Gasteiger charge is -2.22. The van der Waals surface area contributed by atoms with Gasteiger partial charge in [-0.3, -0.25) is 13.9 Å². The van der Waals surface area contributed by atoms with Gasteiger partial charge in [0, 0.05) is 18.5 Å².